The van der Waals surface area contributed by atoms with E-state index in [9.17, 15) is 19.5 Å². The first kappa shape index (κ1) is 25.0. The summed E-state index contributed by atoms with van der Waals surface area (Å²) in [4.78, 5) is 39.3. The molecule has 4 rings (SSSR count). The van der Waals surface area contributed by atoms with Crippen LogP contribution in [0.25, 0.3) is 5.76 Å². The van der Waals surface area contributed by atoms with Crippen molar-refractivity contribution in [3.63, 3.8) is 0 Å². The zero-order chi connectivity index (χ0) is 26.7. The van der Waals surface area contributed by atoms with Crippen LogP contribution < -0.4 is 19.1 Å². The summed E-state index contributed by atoms with van der Waals surface area (Å²) in [6, 6.07) is 18.2. The lowest BCUT2D eigenvalue weighted by atomic mass is 9.94. The summed E-state index contributed by atoms with van der Waals surface area (Å²) in [5.41, 5.74) is 1.13. The number of nitrogens with zero attached hydrogens (tertiary/aromatic N) is 2. The highest BCUT2D eigenvalue weighted by atomic mass is 16.5. The lowest BCUT2D eigenvalue weighted by Gasteiger charge is -2.26. The molecule has 1 saturated heterocycles. The Morgan fingerprint density at radius 2 is 1.54 bits per heavy atom. The fourth-order valence-electron chi connectivity index (χ4n) is 4.21. The van der Waals surface area contributed by atoms with E-state index in [2.05, 4.69) is 0 Å². The van der Waals surface area contributed by atoms with Crippen LogP contribution in [-0.4, -0.2) is 37.0 Å². The van der Waals surface area contributed by atoms with Crippen molar-refractivity contribution in [2.24, 2.45) is 0 Å². The minimum Gasteiger partial charge on any atom is -0.506 e. The molecule has 9 heteroatoms. The van der Waals surface area contributed by atoms with Crippen LogP contribution in [0.1, 0.15) is 29.7 Å². The molecule has 1 amide bonds. The van der Waals surface area contributed by atoms with Crippen LogP contribution in [0.4, 0.5) is 5.69 Å². The van der Waals surface area contributed by atoms with Gasteiger partial charge in [-0.1, -0.05) is 18.2 Å². The van der Waals surface area contributed by atoms with E-state index in [1.165, 1.54) is 50.3 Å². The number of aliphatic hydroxyl groups excluding tert-OH is 1. The Hall–Kier alpha value is -5.10. The second kappa shape index (κ2) is 10.3. The highest BCUT2D eigenvalue weighted by Gasteiger charge is 2.47. The summed E-state index contributed by atoms with van der Waals surface area (Å²) in [5, 5.41) is 20.7. The molecule has 0 aliphatic carbocycles. The molecule has 3 aromatic carbocycles. The predicted octanol–water partition coefficient (Wildman–Crippen LogP) is 4.13. The fourth-order valence-corrected chi connectivity index (χ4v) is 4.21. The predicted molar refractivity (Wildman–Crippen MR) is 133 cm³/mol. The Bertz CT molecular complexity index is 1430. The van der Waals surface area contributed by atoms with Crippen LogP contribution in [-0.2, 0) is 14.4 Å². The molecule has 0 aromatic heterocycles. The summed E-state index contributed by atoms with van der Waals surface area (Å²) in [7, 11) is 2.82. The molecule has 1 fully saturated rings. The van der Waals surface area contributed by atoms with E-state index in [0.29, 0.717) is 16.8 Å². The van der Waals surface area contributed by atoms with Crippen molar-refractivity contribution in [2.45, 2.75) is 13.0 Å². The van der Waals surface area contributed by atoms with Crippen LogP contribution in [0.5, 0.6) is 17.2 Å². The van der Waals surface area contributed by atoms with E-state index >= 15 is 0 Å². The summed E-state index contributed by atoms with van der Waals surface area (Å²) < 4.78 is 15.9. The molecule has 1 aliphatic rings. The normalized spacial score (nSPS) is 16.3. The monoisotopic (exact) mass is 498 g/mol. The van der Waals surface area contributed by atoms with Crippen molar-refractivity contribution in [1.82, 2.24) is 0 Å². The van der Waals surface area contributed by atoms with Gasteiger partial charge in [0.15, 0.2) is 0 Å². The number of nitriles is 1. The van der Waals surface area contributed by atoms with Gasteiger partial charge in [-0.25, -0.2) is 0 Å². The summed E-state index contributed by atoms with van der Waals surface area (Å²) in [6.45, 7) is 1.27. The average molecular weight is 498 g/mol. The van der Waals surface area contributed by atoms with Gasteiger partial charge in [0.05, 0.1) is 37.5 Å². The Kier molecular flexibility index (Phi) is 6.93. The Labute approximate surface area is 212 Å². The van der Waals surface area contributed by atoms with E-state index in [-0.39, 0.29) is 28.4 Å². The van der Waals surface area contributed by atoms with Crippen molar-refractivity contribution >= 4 is 29.1 Å². The van der Waals surface area contributed by atoms with Gasteiger partial charge in [-0.05, 0) is 54.1 Å². The second-order valence-corrected chi connectivity index (χ2v) is 8.03. The standard InChI is InChI=1S/C28H22N2O7/c1-16(31)37-20-13-9-18(10-14-20)25-24(26(32)23-21(35-2)5-4-6-22(23)36-3)27(33)28(34)30(25)19-11-7-17(15-29)8-12-19/h4-14,25,32H,1-3H3/b26-24+. The average Bonchev–Trinajstić information content (AvgIpc) is 3.18. The zero-order valence-electron chi connectivity index (χ0n) is 20.2. The van der Waals surface area contributed by atoms with Crippen molar-refractivity contribution in [3.05, 3.63) is 89.0 Å². The highest BCUT2D eigenvalue weighted by Crippen LogP contribution is 2.45. The van der Waals surface area contributed by atoms with Gasteiger partial charge in [0.1, 0.15) is 28.6 Å². The number of anilines is 1. The summed E-state index contributed by atoms with van der Waals surface area (Å²) >= 11 is 0. The molecule has 9 nitrogen and oxygen atoms in total. The van der Waals surface area contributed by atoms with Gasteiger partial charge in [-0.2, -0.15) is 5.26 Å². The van der Waals surface area contributed by atoms with E-state index < -0.39 is 29.5 Å². The molecule has 1 atom stereocenters. The number of hydrogen-bond donors (Lipinski definition) is 1. The van der Waals surface area contributed by atoms with Gasteiger partial charge in [0.2, 0.25) is 0 Å². The number of amides is 1. The van der Waals surface area contributed by atoms with E-state index in [4.69, 9.17) is 19.5 Å². The number of hydrogen-bond acceptors (Lipinski definition) is 8. The maximum Gasteiger partial charge on any atom is 0.308 e. The van der Waals surface area contributed by atoms with E-state index in [1.54, 1.807) is 42.5 Å². The third-order valence-corrected chi connectivity index (χ3v) is 5.84. The van der Waals surface area contributed by atoms with Gasteiger partial charge in [0, 0.05) is 12.6 Å². The zero-order valence-corrected chi connectivity index (χ0v) is 20.2. The molecule has 37 heavy (non-hydrogen) atoms. The van der Waals surface area contributed by atoms with Crippen molar-refractivity contribution in [2.75, 3.05) is 19.1 Å². The molecule has 3 aromatic rings. The minimum absolute atomic E-state index is 0.117. The molecule has 1 N–H and O–H groups in total. The van der Waals surface area contributed by atoms with Crippen LogP contribution >= 0.6 is 0 Å². The quantitative estimate of drug-likeness (QED) is 0.177. The molecule has 0 spiro atoms. The number of aliphatic hydroxyl groups is 1. The first-order valence-electron chi connectivity index (χ1n) is 11.1. The molecule has 0 radical (unpaired) electrons. The number of rotatable bonds is 6. The topological polar surface area (TPSA) is 126 Å². The molecular weight excluding hydrogens is 476 g/mol. The first-order chi connectivity index (χ1) is 17.8. The van der Waals surface area contributed by atoms with Crippen LogP contribution in [0, 0.1) is 11.3 Å². The summed E-state index contributed by atoms with van der Waals surface area (Å²) in [6.07, 6.45) is 0. The largest absolute Gasteiger partial charge is 0.506 e. The van der Waals surface area contributed by atoms with Crippen LogP contribution in [0.3, 0.4) is 0 Å². The molecule has 186 valence electrons. The molecular formula is C28H22N2O7. The van der Waals surface area contributed by atoms with Gasteiger partial charge in [-0.3, -0.25) is 19.3 Å². The van der Waals surface area contributed by atoms with Gasteiger partial charge >= 0.3 is 5.97 Å². The first-order valence-corrected chi connectivity index (χ1v) is 11.1. The Morgan fingerprint density at radius 1 is 0.946 bits per heavy atom. The van der Waals surface area contributed by atoms with Gasteiger partial charge < -0.3 is 19.3 Å². The number of Topliss-reactive ketones (excluding diaryl/α,β-unsaturated/α-hetero) is 1. The highest BCUT2D eigenvalue weighted by molar-refractivity contribution is 6.51. The van der Waals surface area contributed by atoms with E-state index in [0.717, 1.165) is 0 Å². The lowest BCUT2D eigenvalue weighted by molar-refractivity contribution is -0.132. The fraction of sp³-hybridized carbons (Fsp3) is 0.143. The van der Waals surface area contributed by atoms with Gasteiger partial charge in [0.25, 0.3) is 11.7 Å². The van der Waals surface area contributed by atoms with Crippen molar-refractivity contribution < 1.29 is 33.7 Å². The number of carbonyl (C=O) groups is 3. The Balaban J connectivity index is 1.96. The third-order valence-electron chi connectivity index (χ3n) is 5.84. The number of esters is 1. The molecule has 1 unspecified atom stereocenters. The molecule has 0 saturated carbocycles. The minimum atomic E-state index is -1.05. The molecule has 1 aliphatic heterocycles. The number of methoxy groups -OCH3 is 2. The third kappa shape index (κ3) is 4.60. The molecule has 1 heterocycles. The van der Waals surface area contributed by atoms with Crippen LogP contribution in [0.2, 0.25) is 0 Å². The smallest absolute Gasteiger partial charge is 0.308 e. The van der Waals surface area contributed by atoms with Crippen molar-refractivity contribution in [1.29, 1.82) is 5.26 Å². The second-order valence-electron chi connectivity index (χ2n) is 8.03. The number of ether oxygens (including phenoxy) is 3. The number of carbonyl (C=O) groups excluding carboxylic acids is 3. The lowest BCUT2D eigenvalue weighted by Crippen LogP contribution is -2.29. The number of ketones is 1. The molecule has 0 bridgehead atoms. The van der Waals surface area contributed by atoms with Crippen molar-refractivity contribution in [3.8, 4) is 23.3 Å². The van der Waals surface area contributed by atoms with Crippen LogP contribution in [0.15, 0.2) is 72.3 Å². The summed E-state index contributed by atoms with van der Waals surface area (Å²) in [5.74, 6) is -2.00. The number of benzene rings is 3. The Morgan fingerprint density at radius 3 is 2.05 bits per heavy atom. The van der Waals surface area contributed by atoms with E-state index in [1.807, 2.05) is 6.07 Å². The SMILES string of the molecule is COc1cccc(OC)c1/C(O)=C1\C(=O)C(=O)N(c2ccc(C#N)cc2)C1c1ccc(OC(C)=O)cc1. The maximum absolute atomic E-state index is 13.4. The van der Waals surface area contributed by atoms with Gasteiger partial charge in [-0.15, -0.1) is 0 Å². The maximum atomic E-state index is 13.4.